The normalized spacial score (nSPS) is 12.2. The van der Waals surface area contributed by atoms with Gasteiger partial charge in [-0.05, 0) is 19.1 Å². The molecule has 0 spiro atoms. The lowest BCUT2D eigenvalue weighted by Crippen LogP contribution is -2.22. The molecule has 0 saturated carbocycles. The fourth-order valence-electron chi connectivity index (χ4n) is 1.85. The van der Waals surface area contributed by atoms with Crippen LogP contribution in [0.3, 0.4) is 0 Å². The van der Waals surface area contributed by atoms with Crippen LogP contribution in [0, 0.1) is 6.92 Å². The molecule has 20 heavy (non-hydrogen) atoms. The number of aromatic nitrogens is 2. The molecule has 2 rings (SSSR count). The van der Waals surface area contributed by atoms with Gasteiger partial charge in [0.05, 0.1) is 37.5 Å². The van der Waals surface area contributed by atoms with Gasteiger partial charge in [0.25, 0.3) is 0 Å². The van der Waals surface area contributed by atoms with E-state index >= 15 is 0 Å². The van der Waals surface area contributed by atoms with Crippen LogP contribution >= 0.6 is 0 Å². The maximum atomic E-state index is 9.32. The zero-order chi connectivity index (χ0) is 14.5. The van der Waals surface area contributed by atoms with Crippen molar-refractivity contribution >= 4 is 5.69 Å². The van der Waals surface area contributed by atoms with Gasteiger partial charge in [-0.3, -0.25) is 0 Å². The number of aliphatic hydroxyl groups is 2. The minimum absolute atomic E-state index is 0.267. The molecule has 108 valence electrons. The van der Waals surface area contributed by atoms with Crippen LogP contribution in [0.5, 0.6) is 5.75 Å². The van der Waals surface area contributed by atoms with Crippen LogP contribution < -0.4 is 10.1 Å². The van der Waals surface area contributed by atoms with Crippen LogP contribution in [-0.2, 0) is 0 Å². The van der Waals surface area contributed by atoms with E-state index in [1.165, 1.54) is 0 Å². The van der Waals surface area contributed by atoms with Crippen LogP contribution in [-0.4, -0.2) is 46.1 Å². The third kappa shape index (κ3) is 3.28. The largest absolute Gasteiger partial charge is 0.494 e. The first-order chi connectivity index (χ1) is 9.63. The number of nitrogens with one attached hydrogen (secondary N) is 1. The summed E-state index contributed by atoms with van der Waals surface area (Å²) in [6, 6.07) is 5.64. The second kappa shape index (κ2) is 6.40. The van der Waals surface area contributed by atoms with Gasteiger partial charge in [-0.1, -0.05) is 0 Å². The lowest BCUT2D eigenvalue weighted by molar-refractivity contribution is 0.105. The number of benzene rings is 1. The van der Waals surface area contributed by atoms with Crippen molar-refractivity contribution in [1.82, 2.24) is 9.55 Å². The minimum atomic E-state index is -0.781. The summed E-state index contributed by atoms with van der Waals surface area (Å²) in [4.78, 5) is 4.19. The van der Waals surface area contributed by atoms with Crippen molar-refractivity contribution in [3.05, 3.63) is 36.4 Å². The smallest absolute Gasteiger partial charge is 0.144 e. The number of nitrogens with zero attached hydrogens (tertiary/aromatic N) is 2. The van der Waals surface area contributed by atoms with Gasteiger partial charge < -0.3 is 24.8 Å². The molecule has 0 aliphatic rings. The van der Waals surface area contributed by atoms with Gasteiger partial charge in [-0.15, -0.1) is 0 Å². The van der Waals surface area contributed by atoms with E-state index in [-0.39, 0.29) is 13.2 Å². The molecule has 0 amide bonds. The molecule has 3 N–H and O–H groups in total. The van der Waals surface area contributed by atoms with E-state index in [1.54, 1.807) is 13.4 Å². The van der Waals surface area contributed by atoms with E-state index in [1.807, 2.05) is 35.9 Å². The van der Waals surface area contributed by atoms with Crippen molar-refractivity contribution in [1.29, 1.82) is 0 Å². The second-order valence-corrected chi connectivity index (χ2v) is 4.53. The van der Waals surface area contributed by atoms with Crippen LogP contribution in [0.2, 0.25) is 0 Å². The first-order valence-corrected chi connectivity index (χ1v) is 6.36. The summed E-state index contributed by atoms with van der Waals surface area (Å²) in [5.41, 5.74) is 2.64. The summed E-state index contributed by atoms with van der Waals surface area (Å²) in [7, 11) is 1.61. The van der Waals surface area contributed by atoms with Gasteiger partial charge in [-0.2, -0.15) is 0 Å². The molecular formula is C14H19N3O3. The predicted octanol–water partition coefficient (Wildman–Crippen LogP) is 0.954. The molecule has 6 nitrogen and oxygen atoms in total. The van der Waals surface area contributed by atoms with Gasteiger partial charge in [-0.25, -0.2) is 4.98 Å². The summed E-state index contributed by atoms with van der Waals surface area (Å²) in [5.74, 6) is 0.700. The fraction of sp³-hybridized carbons (Fsp3) is 0.357. The van der Waals surface area contributed by atoms with E-state index in [0.29, 0.717) is 5.75 Å². The Kier molecular flexibility index (Phi) is 4.60. The zero-order valence-corrected chi connectivity index (χ0v) is 11.6. The molecule has 0 bridgehead atoms. The van der Waals surface area contributed by atoms with Gasteiger partial charge in [0, 0.05) is 24.5 Å². The molecule has 0 aliphatic heterocycles. The Morgan fingerprint density at radius 2 is 2.25 bits per heavy atom. The number of rotatable bonds is 6. The Balaban J connectivity index is 2.20. The average molecular weight is 277 g/mol. The van der Waals surface area contributed by atoms with Crippen molar-refractivity contribution in [2.24, 2.45) is 0 Å². The van der Waals surface area contributed by atoms with Crippen molar-refractivity contribution in [3.8, 4) is 11.4 Å². The molecule has 0 radical (unpaired) electrons. The molecule has 1 heterocycles. The van der Waals surface area contributed by atoms with Crippen LogP contribution in [0.15, 0.2) is 30.7 Å². The average Bonchev–Trinajstić information content (AvgIpc) is 2.90. The molecule has 1 unspecified atom stereocenters. The number of methoxy groups -OCH3 is 1. The molecule has 1 atom stereocenters. The summed E-state index contributed by atoms with van der Waals surface area (Å²) >= 11 is 0. The number of anilines is 1. The maximum absolute atomic E-state index is 9.32. The Morgan fingerprint density at radius 3 is 2.85 bits per heavy atom. The van der Waals surface area contributed by atoms with Crippen molar-refractivity contribution < 1.29 is 14.9 Å². The number of ether oxygens (including phenoxy) is 1. The number of aryl methyl sites for hydroxylation is 1. The second-order valence-electron chi connectivity index (χ2n) is 4.53. The van der Waals surface area contributed by atoms with Crippen LogP contribution in [0.25, 0.3) is 5.69 Å². The SMILES string of the molecule is COc1cc(NCC(O)CO)ccc1-n1cnc(C)c1. The highest BCUT2D eigenvalue weighted by Gasteiger charge is 2.08. The molecule has 1 aromatic heterocycles. The lowest BCUT2D eigenvalue weighted by Gasteiger charge is -2.14. The van der Waals surface area contributed by atoms with Crippen molar-refractivity contribution in [2.45, 2.75) is 13.0 Å². The zero-order valence-electron chi connectivity index (χ0n) is 11.6. The summed E-state index contributed by atoms with van der Waals surface area (Å²) in [6.07, 6.45) is 2.87. The third-order valence-corrected chi connectivity index (χ3v) is 2.92. The van der Waals surface area contributed by atoms with Gasteiger partial charge in [0.1, 0.15) is 5.75 Å². The molecule has 0 aliphatic carbocycles. The lowest BCUT2D eigenvalue weighted by atomic mass is 10.2. The third-order valence-electron chi connectivity index (χ3n) is 2.92. The Hall–Kier alpha value is -2.05. The van der Waals surface area contributed by atoms with E-state index in [4.69, 9.17) is 9.84 Å². The Bertz CT molecular complexity index is 569. The fourth-order valence-corrected chi connectivity index (χ4v) is 1.85. The number of imidazole rings is 1. The van der Waals surface area contributed by atoms with E-state index < -0.39 is 6.10 Å². The number of hydrogen-bond donors (Lipinski definition) is 3. The standard InChI is InChI=1S/C14H19N3O3/c1-10-7-17(9-16-10)13-4-3-11(5-14(13)20-2)15-6-12(19)8-18/h3-5,7,9,12,15,18-19H,6,8H2,1-2H3. The molecule has 0 fully saturated rings. The predicted molar refractivity (Wildman–Crippen MR) is 76.4 cm³/mol. The first-order valence-electron chi connectivity index (χ1n) is 6.36. The number of hydrogen-bond acceptors (Lipinski definition) is 5. The summed E-state index contributed by atoms with van der Waals surface area (Å²) < 4.78 is 7.27. The van der Waals surface area contributed by atoms with Gasteiger partial charge in [0.15, 0.2) is 0 Å². The molecule has 6 heteroatoms. The van der Waals surface area contributed by atoms with Gasteiger partial charge >= 0.3 is 0 Å². The highest BCUT2D eigenvalue weighted by molar-refractivity contribution is 5.58. The summed E-state index contributed by atoms with van der Waals surface area (Å²) in [5, 5.41) is 21.1. The van der Waals surface area contributed by atoms with Crippen molar-refractivity contribution in [3.63, 3.8) is 0 Å². The van der Waals surface area contributed by atoms with Crippen LogP contribution in [0.1, 0.15) is 5.69 Å². The van der Waals surface area contributed by atoms with Crippen LogP contribution in [0.4, 0.5) is 5.69 Å². The molecule has 2 aromatic rings. The minimum Gasteiger partial charge on any atom is -0.494 e. The summed E-state index contributed by atoms with van der Waals surface area (Å²) in [6.45, 7) is 1.94. The molecule has 1 aromatic carbocycles. The molecule has 0 saturated heterocycles. The highest BCUT2D eigenvalue weighted by Crippen LogP contribution is 2.26. The highest BCUT2D eigenvalue weighted by atomic mass is 16.5. The topological polar surface area (TPSA) is 79.5 Å². The Morgan fingerprint density at radius 1 is 1.45 bits per heavy atom. The first kappa shape index (κ1) is 14.4. The molecular weight excluding hydrogens is 258 g/mol. The van der Waals surface area contributed by atoms with Crippen molar-refractivity contribution in [2.75, 3.05) is 25.6 Å². The Labute approximate surface area is 117 Å². The number of aliphatic hydroxyl groups excluding tert-OH is 2. The van der Waals surface area contributed by atoms with E-state index in [9.17, 15) is 5.11 Å². The van der Waals surface area contributed by atoms with E-state index in [0.717, 1.165) is 17.1 Å². The quantitative estimate of drug-likeness (QED) is 0.733. The van der Waals surface area contributed by atoms with E-state index in [2.05, 4.69) is 10.3 Å². The van der Waals surface area contributed by atoms with Gasteiger partial charge in [0.2, 0.25) is 0 Å². The maximum Gasteiger partial charge on any atom is 0.144 e. The monoisotopic (exact) mass is 277 g/mol.